The Morgan fingerprint density at radius 2 is 1.79 bits per heavy atom. The summed E-state index contributed by atoms with van der Waals surface area (Å²) in [5.41, 5.74) is 3.08. The molecule has 24 heavy (non-hydrogen) atoms. The Balaban J connectivity index is 1.57. The number of hydrogen-bond acceptors (Lipinski definition) is 3. The Bertz CT molecular complexity index is 794. The number of para-hydroxylation sites is 1. The van der Waals surface area contributed by atoms with Crippen molar-refractivity contribution in [1.29, 1.82) is 0 Å². The standard InChI is InChI=1S/C20H19NO2S/c1-2-15-8-10-18(11-9-15)23-13-16-12-19(24-14-16)20(22)21-17-6-4-3-5-7-17/h3-12,14H,2,13H2,1H3,(H,21,22). The number of nitrogens with one attached hydrogen (secondary N) is 1. The van der Waals surface area contributed by atoms with Crippen molar-refractivity contribution in [3.63, 3.8) is 0 Å². The van der Waals surface area contributed by atoms with Crippen LogP contribution in [-0.2, 0) is 13.0 Å². The van der Waals surface area contributed by atoms with Gasteiger partial charge in [0.15, 0.2) is 0 Å². The van der Waals surface area contributed by atoms with E-state index in [0.717, 1.165) is 23.4 Å². The minimum Gasteiger partial charge on any atom is -0.489 e. The maximum atomic E-state index is 12.2. The Morgan fingerprint density at radius 1 is 1.04 bits per heavy atom. The molecule has 0 bridgehead atoms. The molecule has 0 aliphatic carbocycles. The molecule has 0 fully saturated rings. The molecule has 3 aromatic rings. The fourth-order valence-electron chi connectivity index (χ4n) is 2.27. The zero-order chi connectivity index (χ0) is 16.8. The van der Waals surface area contributed by atoms with Gasteiger partial charge in [-0.1, -0.05) is 37.3 Å². The molecule has 0 atom stereocenters. The first-order valence-corrected chi connectivity index (χ1v) is 8.78. The third kappa shape index (κ3) is 4.24. The fourth-order valence-corrected chi connectivity index (χ4v) is 3.06. The van der Waals surface area contributed by atoms with Crippen molar-refractivity contribution in [2.24, 2.45) is 0 Å². The molecule has 1 aromatic heterocycles. The van der Waals surface area contributed by atoms with Gasteiger partial charge < -0.3 is 10.1 Å². The summed E-state index contributed by atoms with van der Waals surface area (Å²) in [5.74, 6) is 0.749. The lowest BCUT2D eigenvalue weighted by molar-refractivity contribution is 0.103. The van der Waals surface area contributed by atoms with Gasteiger partial charge in [-0.2, -0.15) is 0 Å². The number of hydrogen-bond donors (Lipinski definition) is 1. The predicted molar refractivity (Wildman–Crippen MR) is 98.9 cm³/mol. The first-order chi connectivity index (χ1) is 11.7. The molecular weight excluding hydrogens is 318 g/mol. The zero-order valence-electron chi connectivity index (χ0n) is 13.5. The van der Waals surface area contributed by atoms with Gasteiger partial charge in [0.05, 0.1) is 4.88 Å². The minimum absolute atomic E-state index is 0.0928. The molecule has 3 nitrogen and oxygen atoms in total. The summed E-state index contributed by atoms with van der Waals surface area (Å²) in [5, 5.41) is 4.85. The van der Waals surface area contributed by atoms with E-state index in [0.29, 0.717) is 11.5 Å². The Kier molecular flexibility index (Phi) is 5.29. The number of rotatable bonds is 6. The highest BCUT2D eigenvalue weighted by molar-refractivity contribution is 7.12. The number of benzene rings is 2. The lowest BCUT2D eigenvalue weighted by Gasteiger charge is -2.05. The van der Waals surface area contributed by atoms with E-state index in [1.165, 1.54) is 16.9 Å². The van der Waals surface area contributed by atoms with E-state index in [2.05, 4.69) is 24.4 Å². The van der Waals surface area contributed by atoms with Gasteiger partial charge in [-0.25, -0.2) is 0 Å². The molecule has 122 valence electrons. The van der Waals surface area contributed by atoms with Crippen molar-refractivity contribution in [2.75, 3.05) is 5.32 Å². The molecule has 0 radical (unpaired) electrons. The summed E-state index contributed by atoms with van der Waals surface area (Å²) >= 11 is 1.43. The van der Waals surface area contributed by atoms with Gasteiger partial charge in [0.1, 0.15) is 12.4 Å². The molecule has 0 spiro atoms. The second-order valence-electron chi connectivity index (χ2n) is 5.43. The second-order valence-corrected chi connectivity index (χ2v) is 6.34. The maximum Gasteiger partial charge on any atom is 0.265 e. The van der Waals surface area contributed by atoms with Crippen LogP contribution in [0.15, 0.2) is 66.0 Å². The summed E-state index contributed by atoms with van der Waals surface area (Å²) in [4.78, 5) is 12.9. The Labute approximate surface area is 145 Å². The van der Waals surface area contributed by atoms with Crippen LogP contribution in [0, 0.1) is 0 Å². The van der Waals surface area contributed by atoms with Crippen molar-refractivity contribution in [3.05, 3.63) is 82.0 Å². The lowest BCUT2D eigenvalue weighted by Crippen LogP contribution is -2.09. The summed E-state index contributed by atoms with van der Waals surface area (Å²) in [6.07, 6.45) is 1.02. The minimum atomic E-state index is -0.0928. The number of thiophene rings is 1. The van der Waals surface area contributed by atoms with Gasteiger partial charge in [0.25, 0.3) is 5.91 Å². The van der Waals surface area contributed by atoms with E-state index in [1.807, 2.05) is 53.9 Å². The third-order valence-corrected chi connectivity index (χ3v) is 4.62. The van der Waals surface area contributed by atoms with Gasteiger partial charge >= 0.3 is 0 Å². The third-order valence-electron chi connectivity index (χ3n) is 3.65. The SMILES string of the molecule is CCc1ccc(OCc2csc(C(=O)Nc3ccccc3)c2)cc1. The molecule has 1 N–H and O–H groups in total. The zero-order valence-corrected chi connectivity index (χ0v) is 14.3. The average Bonchev–Trinajstić information content (AvgIpc) is 3.10. The summed E-state index contributed by atoms with van der Waals surface area (Å²) in [6.45, 7) is 2.59. The normalized spacial score (nSPS) is 10.4. The average molecular weight is 337 g/mol. The molecule has 0 aliphatic rings. The lowest BCUT2D eigenvalue weighted by atomic mass is 10.2. The quantitative estimate of drug-likeness (QED) is 0.676. The summed E-state index contributed by atoms with van der Waals surface area (Å²) in [7, 11) is 0. The van der Waals surface area contributed by atoms with Crippen LogP contribution in [0.5, 0.6) is 5.75 Å². The molecule has 0 saturated carbocycles. The van der Waals surface area contributed by atoms with E-state index < -0.39 is 0 Å². The van der Waals surface area contributed by atoms with Crippen LogP contribution in [-0.4, -0.2) is 5.91 Å². The maximum absolute atomic E-state index is 12.2. The molecule has 0 saturated heterocycles. The van der Waals surface area contributed by atoms with Crippen LogP contribution in [0.2, 0.25) is 0 Å². The van der Waals surface area contributed by atoms with Crippen molar-refractivity contribution in [1.82, 2.24) is 0 Å². The van der Waals surface area contributed by atoms with Gasteiger partial charge in [-0.15, -0.1) is 11.3 Å². The number of aryl methyl sites for hydroxylation is 1. The molecule has 1 heterocycles. The number of anilines is 1. The van der Waals surface area contributed by atoms with E-state index in [9.17, 15) is 4.79 Å². The van der Waals surface area contributed by atoms with E-state index in [4.69, 9.17) is 4.74 Å². The molecule has 2 aromatic carbocycles. The molecule has 0 aliphatic heterocycles. The first-order valence-electron chi connectivity index (χ1n) is 7.90. The monoisotopic (exact) mass is 337 g/mol. The van der Waals surface area contributed by atoms with Crippen molar-refractivity contribution in [2.45, 2.75) is 20.0 Å². The molecule has 1 amide bonds. The highest BCUT2D eigenvalue weighted by Crippen LogP contribution is 2.20. The van der Waals surface area contributed by atoms with Crippen LogP contribution < -0.4 is 10.1 Å². The van der Waals surface area contributed by atoms with Crippen LogP contribution in [0.4, 0.5) is 5.69 Å². The van der Waals surface area contributed by atoms with Crippen LogP contribution >= 0.6 is 11.3 Å². The van der Waals surface area contributed by atoms with Crippen molar-refractivity contribution < 1.29 is 9.53 Å². The van der Waals surface area contributed by atoms with Gasteiger partial charge in [0, 0.05) is 11.3 Å². The van der Waals surface area contributed by atoms with Gasteiger partial charge in [0.2, 0.25) is 0 Å². The largest absolute Gasteiger partial charge is 0.489 e. The predicted octanol–water partition coefficient (Wildman–Crippen LogP) is 5.14. The highest BCUT2D eigenvalue weighted by Gasteiger charge is 2.10. The topological polar surface area (TPSA) is 38.3 Å². The highest BCUT2D eigenvalue weighted by atomic mass is 32.1. The van der Waals surface area contributed by atoms with E-state index in [-0.39, 0.29) is 5.91 Å². The van der Waals surface area contributed by atoms with E-state index in [1.54, 1.807) is 0 Å². The summed E-state index contributed by atoms with van der Waals surface area (Å²) in [6, 6.07) is 19.4. The molecular formula is C20H19NO2S. The fraction of sp³-hybridized carbons (Fsp3) is 0.150. The van der Waals surface area contributed by atoms with Crippen molar-refractivity contribution in [3.8, 4) is 5.75 Å². The first kappa shape index (κ1) is 16.3. The van der Waals surface area contributed by atoms with E-state index >= 15 is 0 Å². The molecule has 4 heteroatoms. The van der Waals surface area contributed by atoms with Gasteiger partial charge in [-0.05, 0) is 47.7 Å². The molecule has 0 unspecified atom stereocenters. The van der Waals surface area contributed by atoms with Crippen LogP contribution in [0.25, 0.3) is 0 Å². The second kappa shape index (κ2) is 7.79. The summed E-state index contributed by atoms with van der Waals surface area (Å²) < 4.78 is 5.78. The molecule has 3 rings (SSSR count). The smallest absolute Gasteiger partial charge is 0.265 e. The van der Waals surface area contributed by atoms with Crippen molar-refractivity contribution >= 4 is 22.9 Å². The number of ether oxygens (including phenoxy) is 1. The number of carbonyl (C=O) groups excluding carboxylic acids is 1. The van der Waals surface area contributed by atoms with Crippen LogP contribution in [0.3, 0.4) is 0 Å². The number of amides is 1. The van der Waals surface area contributed by atoms with Crippen LogP contribution in [0.1, 0.15) is 27.7 Å². The Morgan fingerprint density at radius 3 is 2.50 bits per heavy atom. The van der Waals surface area contributed by atoms with Gasteiger partial charge in [-0.3, -0.25) is 4.79 Å². The number of carbonyl (C=O) groups is 1. The Hall–Kier alpha value is -2.59.